The number of hydrogen-bond acceptors (Lipinski definition) is 3. The molecule has 0 aliphatic carbocycles. The zero-order valence-corrected chi connectivity index (χ0v) is 16.5. The van der Waals surface area contributed by atoms with Crippen molar-refractivity contribution in [3.63, 3.8) is 0 Å². The molecule has 0 aromatic heterocycles. The van der Waals surface area contributed by atoms with Gasteiger partial charge in [0.2, 0.25) is 0 Å². The number of nitrogens with one attached hydrogen (secondary N) is 2. The molecular weight excluding hydrogens is 358 g/mol. The lowest BCUT2D eigenvalue weighted by Crippen LogP contribution is -2.45. The summed E-state index contributed by atoms with van der Waals surface area (Å²) < 4.78 is 0. The quantitative estimate of drug-likeness (QED) is 0.670. The van der Waals surface area contributed by atoms with Gasteiger partial charge in [-0.3, -0.25) is 9.59 Å². The summed E-state index contributed by atoms with van der Waals surface area (Å²) in [5.41, 5.74) is 0.00695. The number of hydrogen-bond donors (Lipinski definition) is 3. The van der Waals surface area contributed by atoms with Gasteiger partial charge in [-0.15, -0.1) is 0 Å². The molecule has 1 aromatic carbocycles. The third-order valence-electron chi connectivity index (χ3n) is 3.97. The monoisotopic (exact) mass is 383 g/mol. The second-order valence-electron chi connectivity index (χ2n) is 7.06. The number of urea groups is 1. The van der Waals surface area contributed by atoms with Crippen LogP contribution in [0.1, 0.15) is 50.9 Å². The Morgan fingerprint density at radius 3 is 2.42 bits per heavy atom. The molecule has 1 aromatic rings. The van der Waals surface area contributed by atoms with Crippen LogP contribution >= 0.6 is 11.6 Å². The average Bonchev–Trinajstić information content (AvgIpc) is 2.53. The lowest BCUT2D eigenvalue weighted by Gasteiger charge is -2.26. The molecule has 0 atom stereocenters. The van der Waals surface area contributed by atoms with E-state index in [0.717, 1.165) is 0 Å². The number of carboxylic acid groups (broad SMARTS) is 1. The number of carbonyl (C=O) groups is 3. The van der Waals surface area contributed by atoms with Crippen LogP contribution in [0.15, 0.2) is 18.2 Å². The fourth-order valence-corrected chi connectivity index (χ4v) is 2.30. The van der Waals surface area contributed by atoms with Crippen molar-refractivity contribution in [2.24, 2.45) is 0 Å². The van der Waals surface area contributed by atoms with Crippen molar-refractivity contribution in [2.45, 2.75) is 52.1 Å². The molecule has 3 amide bonds. The van der Waals surface area contributed by atoms with Crippen LogP contribution in [0.2, 0.25) is 5.02 Å². The van der Waals surface area contributed by atoms with Gasteiger partial charge < -0.3 is 20.6 Å². The Morgan fingerprint density at radius 1 is 1.27 bits per heavy atom. The lowest BCUT2D eigenvalue weighted by molar-refractivity contribution is -0.137. The van der Waals surface area contributed by atoms with E-state index in [1.165, 1.54) is 6.07 Å². The van der Waals surface area contributed by atoms with Gasteiger partial charge in [-0.2, -0.15) is 0 Å². The van der Waals surface area contributed by atoms with Crippen LogP contribution in [-0.4, -0.2) is 46.5 Å². The minimum atomic E-state index is -0.927. The number of nitrogens with zero attached hydrogens (tertiary/aromatic N) is 1. The summed E-state index contributed by atoms with van der Waals surface area (Å²) in [6.45, 7) is 7.27. The number of carbonyl (C=O) groups excluding carboxylic acids is 2. The molecule has 0 fully saturated rings. The zero-order valence-electron chi connectivity index (χ0n) is 15.7. The van der Waals surface area contributed by atoms with Gasteiger partial charge in [-0.25, -0.2) is 4.79 Å². The van der Waals surface area contributed by atoms with Crippen molar-refractivity contribution >= 4 is 35.2 Å². The highest BCUT2D eigenvalue weighted by atomic mass is 35.5. The molecule has 0 spiro atoms. The number of benzene rings is 1. The predicted molar refractivity (Wildman–Crippen MR) is 102 cm³/mol. The molecule has 0 bridgehead atoms. The molecule has 0 saturated carbocycles. The van der Waals surface area contributed by atoms with Gasteiger partial charge in [0, 0.05) is 30.6 Å². The van der Waals surface area contributed by atoms with Crippen LogP contribution in [0.3, 0.4) is 0 Å². The first-order valence-electron chi connectivity index (χ1n) is 8.30. The molecule has 0 heterocycles. The fourth-order valence-electron chi connectivity index (χ4n) is 2.14. The van der Waals surface area contributed by atoms with Crippen molar-refractivity contribution in [2.75, 3.05) is 12.4 Å². The maximum absolute atomic E-state index is 12.4. The van der Waals surface area contributed by atoms with E-state index in [2.05, 4.69) is 10.6 Å². The van der Waals surface area contributed by atoms with Gasteiger partial charge in [0.1, 0.15) is 0 Å². The van der Waals surface area contributed by atoms with Gasteiger partial charge in [-0.1, -0.05) is 11.6 Å². The molecule has 144 valence electrons. The van der Waals surface area contributed by atoms with Gasteiger partial charge in [0.25, 0.3) is 5.91 Å². The maximum Gasteiger partial charge on any atom is 0.319 e. The number of halogens is 1. The van der Waals surface area contributed by atoms with Gasteiger partial charge in [-0.05, 0) is 52.3 Å². The number of rotatable bonds is 7. The molecule has 1 rings (SSSR count). The van der Waals surface area contributed by atoms with E-state index in [1.807, 2.05) is 13.8 Å². The first kappa shape index (κ1) is 21.8. The Morgan fingerprint density at radius 2 is 1.88 bits per heavy atom. The molecule has 8 heteroatoms. The molecule has 3 N–H and O–H groups in total. The van der Waals surface area contributed by atoms with Crippen molar-refractivity contribution < 1.29 is 19.5 Å². The highest BCUT2D eigenvalue weighted by Crippen LogP contribution is 2.24. The summed E-state index contributed by atoms with van der Waals surface area (Å²) in [5.74, 6) is -1.11. The fraction of sp³-hybridized carbons (Fsp3) is 0.500. The summed E-state index contributed by atoms with van der Waals surface area (Å²) in [6, 6.07) is 4.18. The highest BCUT2D eigenvalue weighted by Gasteiger charge is 2.22. The number of amides is 3. The Balaban J connectivity index is 2.86. The topological polar surface area (TPSA) is 98.7 Å². The summed E-state index contributed by atoms with van der Waals surface area (Å²) in [5, 5.41) is 14.4. The smallest absolute Gasteiger partial charge is 0.319 e. The Bertz CT molecular complexity index is 689. The highest BCUT2D eigenvalue weighted by molar-refractivity contribution is 6.33. The average molecular weight is 384 g/mol. The third kappa shape index (κ3) is 6.55. The first-order valence-corrected chi connectivity index (χ1v) is 8.68. The van der Waals surface area contributed by atoms with E-state index >= 15 is 0 Å². The minimum absolute atomic E-state index is 0.0351. The second-order valence-corrected chi connectivity index (χ2v) is 7.47. The summed E-state index contributed by atoms with van der Waals surface area (Å²) in [6.07, 6.45) is 0.223. The van der Waals surface area contributed by atoms with Crippen LogP contribution in [0.4, 0.5) is 10.5 Å². The van der Waals surface area contributed by atoms with E-state index < -0.39 is 17.5 Å². The summed E-state index contributed by atoms with van der Waals surface area (Å²) in [7, 11) is 1.70. The Labute approximate surface area is 158 Å². The largest absolute Gasteiger partial charge is 0.481 e. The lowest BCUT2D eigenvalue weighted by atomic mass is 9.99. The molecule has 0 aliphatic heterocycles. The van der Waals surface area contributed by atoms with Gasteiger partial charge in [0.15, 0.2) is 0 Å². The van der Waals surface area contributed by atoms with E-state index in [0.29, 0.717) is 16.3 Å². The molecule has 0 aliphatic rings. The van der Waals surface area contributed by atoms with Crippen molar-refractivity contribution in [1.29, 1.82) is 0 Å². The van der Waals surface area contributed by atoms with E-state index in [9.17, 15) is 14.4 Å². The predicted octanol–water partition coefficient (Wildman–Crippen LogP) is 3.59. The SMILES string of the molecule is CC(C)N(C)C(=O)c1ccc(Cl)c(NC(=O)NC(C)(C)CCC(=O)O)c1. The molecule has 0 saturated heterocycles. The van der Waals surface area contributed by atoms with E-state index in [-0.39, 0.29) is 24.8 Å². The number of aliphatic carboxylic acids is 1. The van der Waals surface area contributed by atoms with Crippen LogP contribution in [0.25, 0.3) is 0 Å². The molecule has 7 nitrogen and oxygen atoms in total. The zero-order chi connectivity index (χ0) is 20.1. The van der Waals surface area contributed by atoms with Gasteiger partial charge in [0.05, 0.1) is 10.7 Å². The molecule has 26 heavy (non-hydrogen) atoms. The minimum Gasteiger partial charge on any atom is -0.481 e. The maximum atomic E-state index is 12.4. The molecule has 0 unspecified atom stereocenters. The first-order chi connectivity index (χ1) is 11.9. The van der Waals surface area contributed by atoms with Crippen LogP contribution in [0, 0.1) is 0 Å². The number of anilines is 1. The standard InChI is InChI=1S/C18H26ClN3O4/c1-11(2)22(5)16(25)12-6-7-13(19)14(10-12)20-17(26)21-18(3,4)9-8-15(23)24/h6-7,10-11H,8-9H2,1-5H3,(H,23,24)(H2,20,21,26). The normalized spacial score (nSPS) is 11.2. The Kier molecular flexibility index (Phi) is 7.44. The number of carboxylic acids is 1. The van der Waals surface area contributed by atoms with Crippen LogP contribution in [0.5, 0.6) is 0 Å². The van der Waals surface area contributed by atoms with Crippen molar-refractivity contribution in [3.05, 3.63) is 28.8 Å². The summed E-state index contributed by atoms with van der Waals surface area (Å²) in [4.78, 5) is 36.9. The van der Waals surface area contributed by atoms with Crippen molar-refractivity contribution in [3.8, 4) is 0 Å². The molecule has 0 radical (unpaired) electrons. The van der Waals surface area contributed by atoms with Crippen molar-refractivity contribution in [1.82, 2.24) is 10.2 Å². The third-order valence-corrected chi connectivity index (χ3v) is 4.30. The second kappa shape index (κ2) is 8.89. The molecular formula is C18H26ClN3O4. The van der Waals surface area contributed by atoms with Gasteiger partial charge >= 0.3 is 12.0 Å². The van der Waals surface area contributed by atoms with E-state index in [4.69, 9.17) is 16.7 Å². The Hall–Kier alpha value is -2.28. The summed E-state index contributed by atoms with van der Waals surface area (Å²) >= 11 is 6.12. The van der Waals surface area contributed by atoms with Crippen LogP contribution in [-0.2, 0) is 4.79 Å². The van der Waals surface area contributed by atoms with E-state index in [1.54, 1.807) is 37.9 Å². The van der Waals surface area contributed by atoms with Crippen LogP contribution < -0.4 is 10.6 Å².